The second-order valence-corrected chi connectivity index (χ2v) is 7.26. The molecule has 2 amide bonds. The van der Waals surface area contributed by atoms with Gasteiger partial charge in [0.05, 0.1) is 11.3 Å². The van der Waals surface area contributed by atoms with E-state index in [4.69, 9.17) is 16.3 Å². The van der Waals surface area contributed by atoms with Gasteiger partial charge in [0.25, 0.3) is 5.91 Å². The number of anilines is 1. The van der Waals surface area contributed by atoms with Crippen molar-refractivity contribution in [1.82, 2.24) is 5.32 Å². The summed E-state index contributed by atoms with van der Waals surface area (Å²) in [5.41, 5.74) is 0.460. The summed E-state index contributed by atoms with van der Waals surface area (Å²) in [6, 6.07) is 9.67. The summed E-state index contributed by atoms with van der Waals surface area (Å²) in [5.74, 6) is -2.17. The third-order valence-corrected chi connectivity index (χ3v) is 4.79. The first-order chi connectivity index (χ1) is 15.1. The van der Waals surface area contributed by atoms with E-state index < -0.39 is 30.6 Å². The van der Waals surface area contributed by atoms with Crippen LogP contribution in [0.4, 0.5) is 18.9 Å². The van der Waals surface area contributed by atoms with Crippen molar-refractivity contribution in [3.8, 4) is 5.75 Å². The first kappa shape index (κ1) is 23.4. The van der Waals surface area contributed by atoms with E-state index in [1.54, 1.807) is 0 Å². The summed E-state index contributed by atoms with van der Waals surface area (Å²) in [7, 11) is 0. The third-order valence-electron chi connectivity index (χ3n) is 4.55. The van der Waals surface area contributed by atoms with Crippen LogP contribution in [0.3, 0.4) is 0 Å². The zero-order valence-corrected chi connectivity index (χ0v) is 17.3. The summed E-state index contributed by atoms with van der Waals surface area (Å²) in [4.78, 5) is 38.0. The largest absolute Gasteiger partial charge is 0.573 e. The highest BCUT2D eigenvalue weighted by Gasteiger charge is 2.32. The Morgan fingerprint density at radius 1 is 1.16 bits per heavy atom. The summed E-state index contributed by atoms with van der Waals surface area (Å²) in [6.45, 7) is -0.506. The minimum absolute atomic E-state index is 0.0707. The van der Waals surface area contributed by atoms with Crippen molar-refractivity contribution in [1.29, 1.82) is 0 Å². The molecule has 7 nitrogen and oxygen atoms in total. The standard InChI is InChI=1S/C21H18ClF3N2O5/c22-14-7-8-15(16(10-14)27-9-3-6-19(27)29)20(30)31-12-18(28)26-11-13-4-1-2-5-17(13)32-21(23,24)25/h1-2,4-5,7-8,10H,3,6,9,11-12H2,(H,26,28). The van der Waals surface area contributed by atoms with Gasteiger partial charge in [0.1, 0.15) is 5.75 Å². The van der Waals surface area contributed by atoms with Crippen molar-refractivity contribution in [2.24, 2.45) is 0 Å². The maximum atomic E-state index is 12.5. The molecule has 0 saturated carbocycles. The van der Waals surface area contributed by atoms with Crippen LogP contribution >= 0.6 is 11.6 Å². The average molecular weight is 471 g/mol. The van der Waals surface area contributed by atoms with E-state index in [1.807, 2.05) is 0 Å². The molecule has 2 aromatic rings. The Bertz CT molecular complexity index is 1030. The van der Waals surface area contributed by atoms with Crippen LogP contribution in [0.2, 0.25) is 5.02 Å². The number of esters is 1. The third kappa shape index (κ3) is 6.13. The molecule has 170 valence electrons. The molecule has 32 heavy (non-hydrogen) atoms. The van der Waals surface area contributed by atoms with Crippen molar-refractivity contribution in [3.05, 3.63) is 58.6 Å². The van der Waals surface area contributed by atoms with Crippen LogP contribution in [-0.2, 0) is 20.9 Å². The van der Waals surface area contributed by atoms with Crippen LogP contribution in [0.5, 0.6) is 5.75 Å². The quantitative estimate of drug-likeness (QED) is 0.621. The number of nitrogens with one attached hydrogen (secondary N) is 1. The van der Waals surface area contributed by atoms with Gasteiger partial charge in [-0.25, -0.2) is 4.79 Å². The molecule has 2 aromatic carbocycles. The number of amides is 2. The number of hydrogen-bond donors (Lipinski definition) is 1. The molecule has 11 heteroatoms. The highest BCUT2D eigenvalue weighted by molar-refractivity contribution is 6.31. The van der Waals surface area contributed by atoms with Crippen LogP contribution < -0.4 is 15.0 Å². The molecule has 0 spiro atoms. The van der Waals surface area contributed by atoms with Crippen molar-refractivity contribution in [2.45, 2.75) is 25.7 Å². The Hall–Kier alpha value is -3.27. The zero-order chi connectivity index (χ0) is 23.3. The number of carbonyl (C=O) groups excluding carboxylic acids is 3. The molecule has 0 unspecified atom stereocenters. The number of nitrogens with zero attached hydrogens (tertiary/aromatic N) is 1. The predicted molar refractivity (Wildman–Crippen MR) is 108 cm³/mol. The predicted octanol–water partition coefficient (Wildman–Crippen LogP) is 3.84. The number of halogens is 4. The lowest BCUT2D eigenvalue weighted by Crippen LogP contribution is -2.30. The number of para-hydroxylation sites is 1. The number of benzene rings is 2. The van der Waals surface area contributed by atoms with Gasteiger partial charge in [-0.3, -0.25) is 9.59 Å². The molecule has 3 rings (SSSR count). The lowest BCUT2D eigenvalue weighted by Gasteiger charge is -2.19. The minimum atomic E-state index is -4.87. The fourth-order valence-corrected chi connectivity index (χ4v) is 3.30. The van der Waals surface area contributed by atoms with E-state index in [0.29, 0.717) is 30.1 Å². The molecule has 1 aliphatic rings. The van der Waals surface area contributed by atoms with E-state index in [9.17, 15) is 27.6 Å². The molecule has 0 atom stereocenters. The zero-order valence-electron chi connectivity index (χ0n) is 16.6. The molecule has 1 saturated heterocycles. The maximum Gasteiger partial charge on any atom is 0.573 e. The molecular weight excluding hydrogens is 453 g/mol. The molecule has 0 aliphatic carbocycles. The van der Waals surface area contributed by atoms with Crippen LogP contribution in [-0.4, -0.2) is 37.3 Å². The second kappa shape index (κ2) is 9.90. The minimum Gasteiger partial charge on any atom is -0.452 e. The van der Waals surface area contributed by atoms with Gasteiger partial charge in [0, 0.05) is 30.1 Å². The fourth-order valence-electron chi connectivity index (χ4n) is 3.13. The second-order valence-electron chi connectivity index (χ2n) is 6.82. The Balaban J connectivity index is 1.60. The van der Waals surface area contributed by atoms with Crippen molar-refractivity contribution < 1.29 is 37.0 Å². The van der Waals surface area contributed by atoms with E-state index in [1.165, 1.54) is 41.3 Å². The Labute approximate surface area is 186 Å². The van der Waals surface area contributed by atoms with Gasteiger partial charge < -0.3 is 19.7 Å². The average Bonchev–Trinajstić information content (AvgIpc) is 3.16. The number of ether oxygens (including phenoxy) is 2. The van der Waals surface area contributed by atoms with E-state index in [0.717, 1.165) is 6.07 Å². The Kier molecular flexibility index (Phi) is 7.24. The summed E-state index contributed by atoms with van der Waals surface area (Å²) >= 11 is 5.99. The van der Waals surface area contributed by atoms with Gasteiger partial charge in [-0.2, -0.15) is 0 Å². The number of alkyl halides is 3. The van der Waals surface area contributed by atoms with Crippen LogP contribution in [0.25, 0.3) is 0 Å². The molecule has 0 bridgehead atoms. The van der Waals surface area contributed by atoms with Crippen LogP contribution in [0.1, 0.15) is 28.8 Å². The Morgan fingerprint density at radius 3 is 2.59 bits per heavy atom. The summed E-state index contributed by atoms with van der Waals surface area (Å²) in [5, 5.41) is 2.70. The van der Waals surface area contributed by atoms with Crippen molar-refractivity contribution in [3.63, 3.8) is 0 Å². The monoisotopic (exact) mass is 470 g/mol. The van der Waals surface area contributed by atoms with Crippen LogP contribution in [0.15, 0.2) is 42.5 Å². The maximum absolute atomic E-state index is 12.5. The van der Waals surface area contributed by atoms with Crippen molar-refractivity contribution in [2.75, 3.05) is 18.1 Å². The smallest absolute Gasteiger partial charge is 0.452 e. The number of carbonyl (C=O) groups is 3. The van der Waals surface area contributed by atoms with E-state index in [2.05, 4.69) is 10.1 Å². The highest BCUT2D eigenvalue weighted by Crippen LogP contribution is 2.29. The number of rotatable bonds is 7. The highest BCUT2D eigenvalue weighted by atomic mass is 35.5. The van der Waals surface area contributed by atoms with Gasteiger partial charge in [0.15, 0.2) is 6.61 Å². The van der Waals surface area contributed by atoms with Gasteiger partial charge >= 0.3 is 12.3 Å². The molecule has 0 aromatic heterocycles. The summed E-state index contributed by atoms with van der Waals surface area (Å²) in [6.07, 6.45) is -3.88. The molecule has 0 radical (unpaired) electrons. The molecule has 1 N–H and O–H groups in total. The molecule has 1 heterocycles. The molecular formula is C21H18ClF3N2O5. The lowest BCUT2D eigenvalue weighted by molar-refractivity contribution is -0.274. The van der Waals surface area contributed by atoms with E-state index >= 15 is 0 Å². The molecule has 1 fully saturated rings. The first-order valence-electron chi connectivity index (χ1n) is 9.51. The van der Waals surface area contributed by atoms with Crippen LogP contribution in [0, 0.1) is 0 Å². The topological polar surface area (TPSA) is 84.9 Å². The number of hydrogen-bond acceptors (Lipinski definition) is 5. The Morgan fingerprint density at radius 2 is 1.91 bits per heavy atom. The van der Waals surface area contributed by atoms with Gasteiger partial charge in [-0.1, -0.05) is 29.8 Å². The first-order valence-corrected chi connectivity index (χ1v) is 9.89. The van der Waals surface area contributed by atoms with E-state index in [-0.39, 0.29) is 23.6 Å². The fraction of sp³-hybridized carbons (Fsp3) is 0.286. The SMILES string of the molecule is O=C(COC(=O)c1ccc(Cl)cc1N1CCCC1=O)NCc1ccccc1OC(F)(F)F. The van der Waals surface area contributed by atoms with Gasteiger partial charge in [-0.15, -0.1) is 13.2 Å². The summed E-state index contributed by atoms with van der Waals surface area (Å²) < 4.78 is 46.4. The van der Waals surface area contributed by atoms with Gasteiger partial charge in [-0.05, 0) is 30.7 Å². The van der Waals surface area contributed by atoms with Gasteiger partial charge in [0.2, 0.25) is 5.91 Å². The molecule has 1 aliphatic heterocycles. The normalized spacial score (nSPS) is 13.8. The lowest BCUT2D eigenvalue weighted by atomic mass is 10.1. The van der Waals surface area contributed by atoms with Crippen molar-refractivity contribution >= 4 is 35.1 Å².